The Bertz CT molecular complexity index is 470. The number of nitrogens with zero attached hydrogens (tertiary/aromatic N) is 4. The van der Waals surface area contributed by atoms with Gasteiger partial charge in [0.15, 0.2) is 0 Å². The average molecular weight is 202 g/mol. The molecule has 0 fully saturated rings. The van der Waals surface area contributed by atoms with Gasteiger partial charge in [0.1, 0.15) is 12.0 Å². The summed E-state index contributed by atoms with van der Waals surface area (Å²) in [5, 5.41) is 4.02. The highest BCUT2D eigenvalue weighted by Gasteiger charge is 2.16. The molecule has 0 aliphatic heterocycles. The normalized spacial score (nSPS) is 10.3. The van der Waals surface area contributed by atoms with E-state index in [4.69, 9.17) is 0 Å². The van der Waals surface area contributed by atoms with Crippen LogP contribution in [0.1, 0.15) is 21.6 Å². The van der Waals surface area contributed by atoms with Crippen LogP contribution in [-0.4, -0.2) is 25.5 Å². The maximum absolute atomic E-state index is 12.0. The molecule has 0 spiro atoms. The number of carbonyl (C=O) groups excluding carboxylic acids is 1. The Morgan fingerprint density at radius 2 is 1.93 bits per heavy atom. The highest BCUT2D eigenvalue weighted by molar-refractivity contribution is 6.08. The minimum Gasteiger partial charge on any atom is -0.287 e. The van der Waals surface area contributed by atoms with Crippen LogP contribution in [0, 0.1) is 6.92 Å². The molecule has 0 N–H and O–H groups in total. The van der Waals surface area contributed by atoms with Gasteiger partial charge in [-0.1, -0.05) is 0 Å². The highest BCUT2D eigenvalue weighted by atomic mass is 16.1. The molecule has 5 nitrogen and oxygen atoms in total. The Labute approximate surface area is 86.8 Å². The first-order valence-corrected chi connectivity index (χ1v) is 4.48. The second-order valence-corrected chi connectivity index (χ2v) is 3.26. The lowest BCUT2D eigenvalue weighted by Crippen LogP contribution is -2.10. The summed E-state index contributed by atoms with van der Waals surface area (Å²) in [6.07, 6.45) is 6.06. The molecular formula is C10H10N4O. The monoisotopic (exact) mass is 202 g/mol. The van der Waals surface area contributed by atoms with Crippen LogP contribution in [0.2, 0.25) is 0 Å². The van der Waals surface area contributed by atoms with E-state index < -0.39 is 0 Å². The van der Waals surface area contributed by atoms with Crippen molar-refractivity contribution in [3.8, 4) is 0 Å². The third-order valence-electron chi connectivity index (χ3n) is 2.16. The van der Waals surface area contributed by atoms with Crippen LogP contribution in [0.5, 0.6) is 0 Å². The highest BCUT2D eigenvalue weighted by Crippen LogP contribution is 2.11. The van der Waals surface area contributed by atoms with E-state index in [9.17, 15) is 4.79 Å². The predicted octanol–water partition coefficient (Wildman–Crippen LogP) is 0.750. The van der Waals surface area contributed by atoms with Gasteiger partial charge in [-0.05, 0) is 12.5 Å². The maximum atomic E-state index is 12.0. The lowest BCUT2D eigenvalue weighted by molar-refractivity contribution is 0.102. The molecule has 0 aliphatic rings. The van der Waals surface area contributed by atoms with Gasteiger partial charge in [-0.3, -0.25) is 9.48 Å². The van der Waals surface area contributed by atoms with Crippen LogP contribution in [0.4, 0.5) is 0 Å². The van der Waals surface area contributed by atoms with Crippen LogP contribution in [0.3, 0.4) is 0 Å². The van der Waals surface area contributed by atoms with E-state index in [1.807, 2.05) is 6.92 Å². The SMILES string of the molecule is Cc1cnn(C)c1C(=O)c1cncnc1. The molecule has 76 valence electrons. The van der Waals surface area contributed by atoms with Crippen LogP contribution >= 0.6 is 0 Å². The second-order valence-electron chi connectivity index (χ2n) is 3.26. The van der Waals surface area contributed by atoms with Crippen molar-refractivity contribution in [3.05, 3.63) is 41.7 Å². The van der Waals surface area contributed by atoms with Crippen LogP contribution in [-0.2, 0) is 7.05 Å². The van der Waals surface area contributed by atoms with Crippen LogP contribution in [0.15, 0.2) is 24.9 Å². The molecule has 0 atom stereocenters. The molecule has 2 aromatic rings. The Morgan fingerprint density at radius 1 is 1.27 bits per heavy atom. The molecular weight excluding hydrogens is 192 g/mol. The molecule has 2 heterocycles. The van der Waals surface area contributed by atoms with Crippen molar-refractivity contribution in [1.82, 2.24) is 19.7 Å². The lowest BCUT2D eigenvalue weighted by Gasteiger charge is -2.01. The molecule has 0 radical (unpaired) electrons. The Kier molecular flexibility index (Phi) is 2.29. The van der Waals surface area contributed by atoms with Crippen LogP contribution < -0.4 is 0 Å². The number of aromatic nitrogens is 4. The summed E-state index contributed by atoms with van der Waals surface area (Å²) < 4.78 is 1.56. The minimum atomic E-state index is -0.104. The molecule has 0 saturated carbocycles. The van der Waals surface area contributed by atoms with Gasteiger partial charge < -0.3 is 0 Å². The molecule has 5 heteroatoms. The molecule has 0 bridgehead atoms. The first-order valence-electron chi connectivity index (χ1n) is 4.48. The maximum Gasteiger partial charge on any atom is 0.214 e. The van der Waals surface area contributed by atoms with Gasteiger partial charge >= 0.3 is 0 Å². The third-order valence-corrected chi connectivity index (χ3v) is 2.16. The molecule has 2 rings (SSSR count). The van der Waals surface area contributed by atoms with E-state index in [1.165, 1.54) is 18.7 Å². The number of ketones is 1. The van der Waals surface area contributed by atoms with Crippen molar-refractivity contribution in [3.63, 3.8) is 0 Å². The van der Waals surface area contributed by atoms with Gasteiger partial charge in [-0.2, -0.15) is 5.10 Å². The van der Waals surface area contributed by atoms with E-state index >= 15 is 0 Å². The van der Waals surface area contributed by atoms with Gasteiger partial charge in [0, 0.05) is 19.4 Å². The zero-order chi connectivity index (χ0) is 10.8. The van der Waals surface area contributed by atoms with E-state index in [-0.39, 0.29) is 5.78 Å². The second kappa shape index (κ2) is 3.61. The summed E-state index contributed by atoms with van der Waals surface area (Å²) in [5.74, 6) is -0.104. The quantitative estimate of drug-likeness (QED) is 0.674. The summed E-state index contributed by atoms with van der Waals surface area (Å²) in [6, 6.07) is 0. The fourth-order valence-electron chi connectivity index (χ4n) is 1.43. The van der Waals surface area contributed by atoms with E-state index in [0.717, 1.165) is 5.56 Å². The Morgan fingerprint density at radius 3 is 2.47 bits per heavy atom. The lowest BCUT2D eigenvalue weighted by atomic mass is 10.1. The van der Waals surface area contributed by atoms with Crippen molar-refractivity contribution < 1.29 is 4.79 Å². The number of rotatable bonds is 2. The van der Waals surface area contributed by atoms with E-state index in [2.05, 4.69) is 15.1 Å². The topological polar surface area (TPSA) is 60.7 Å². The molecule has 0 aliphatic carbocycles. The fourth-order valence-corrected chi connectivity index (χ4v) is 1.43. The minimum absolute atomic E-state index is 0.104. The summed E-state index contributed by atoms with van der Waals surface area (Å²) in [4.78, 5) is 19.6. The van der Waals surface area contributed by atoms with Crippen molar-refractivity contribution in [1.29, 1.82) is 0 Å². The summed E-state index contributed by atoms with van der Waals surface area (Å²) in [7, 11) is 1.74. The Hall–Kier alpha value is -2.04. The van der Waals surface area contributed by atoms with Gasteiger partial charge in [-0.15, -0.1) is 0 Å². The van der Waals surface area contributed by atoms with E-state index in [1.54, 1.807) is 17.9 Å². The molecule has 0 aromatic carbocycles. The van der Waals surface area contributed by atoms with E-state index in [0.29, 0.717) is 11.3 Å². The molecule has 0 unspecified atom stereocenters. The first-order chi connectivity index (χ1) is 7.20. The van der Waals surface area contributed by atoms with Gasteiger partial charge in [0.25, 0.3) is 0 Å². The van der Waals surface area contributed by atoms with Crippen molar-refractivity contribution in [2.45, 2.75) is 6.92 Å². The predicted molar refractivity (Wildman–Crippen MR) is 53.4 cm³/mol. The number of carbonyl (C=O) groups is 1. The zero-order valence-electron chi connectivity index (χ0n) is 8.51. The molecule has 0 amide bonds. The number of hydrogen-bond acceptors (Lipinski definition) is 4. The van der Waals surface area contributed by atoms with Crippen molar-refractivity contribution in [2.24, 2.45) is 7.05 Å². The summed E-state index contributed by atoms with van der Waals surface area (Å²) in [5.41, 5.74) is 1.90. The zero-order valence-corrected chi connectivity index (χ0v) is 8.51. The smallest absolute Gasteiger partial charge is 0.214 e. The molecule has 0 saturated heterocycles. The third kappa shape index (κ3) is 1.63. The average Bonchev–Trinajstić information content (AvgIpc) is 2.59. The molecule has 2 aromatic heterocycles. The van der Waals surface area contributed by atoms with Crippen molar-refractivity contribution in [2.75, 3.05) is 0 Å². The summed E-state index contributed by atoms with van der Waals surface area (Å²) >= 11 is 0. The van der Waals surface area contributed by atoms with Gasteiger partial charge in [0.05, 0.1) is 11.8 Å². The Balaban J connectivity index is 2.46. The van der Waals surface area contributed by atoms with Crippen molar-refractivity contribution >= 4 is 5.78 Å². The van der Waals surface area contributed by atoms with Gasteiger partial charge in [0.2, 0.25) is 5.78 Å². The standard InChI is InChI=1S/C10H10N4O/c1-7-3-13-14(2)9(7)10(15)8-4-11-6-12-5-8/h3-6H,1-2H3. The molecule has 15 heavy (non-hydrogen) atoms. The largest absolute Gasteiger partial charge is 0.287 e. The number of aryl methyl sites for hydroxylation is 2. The first kappa shape index (κ1) is 9.51. The fraction of sp³-hybridized carbons (Fsp3) is 0.200. The summed E-state index contributed by atoms with van der Waals surface area (Å²) in [6.45, 7) is 1.85. The van der Waals surface area contributed by atoms with Gasteiger partial charge in [-0.25, -0.2) is 9.97 Å². The number of hydrogen-bond donors (Lipinski definition) is 0. The van der Waals surface area contributed by atoms with Crippen LogP contribution in [0.25, 0.3) is 0 Å².